The number of nitrogens with one attached hydrogen (secondary N) is 1. The minimum absolute atomic E-state index is 0.0895. The summed E-state index contributed by atoms with van der Waals surface area (Å²) < 4.78 is 16.0. The average Bonchev–Trinajstić information content (AvgIpc) is 2.93. The van der Waals surface area contributed by atoms with Crippen LogP contribution in [0.4, 0.5) is 4.79 Å². The van der Waals surface area contributed by atoms with Gasteiger partial charge in [-0.2, -0.15) is 0 Å². The van der Waals surface area contributed by atoms with E-state index in [0.717, 1.165) is 11.3 Å². The molecule has 1 atom stereocenters. The van der Waals surface area contributed by atoms with Crippen molar-refractivity contribution in [1.29, 1.82) is 0 Å². The van der Waals surface area contributed by atoms with Gasteiger partial charge >= 0.3 is 12.0 Å². The molecular formula is C22H22N2O6. The molecule has 2 aromatic rings. The number of urea groups is 1. The summed E-state index contributed by atoms with van der Waals surface area (Å²) in [5.41, 5.74) is 0.520. The molecule has 0 unspecified atom stereocenters. The molecule has 0 spiro atoms. The van der Waals surface area contributed by atoms with Crippen LogP contribution in [0.25, 0.3) is 0 Å². The highest BCUT2D eigenvalue weighted by atomic mass is 16.5. The van der Waals surface area contributed by atoms with Crippen LogP contribution in [0.2, 0.25) is 0 Å². The number of carbonyl (C=O) groups excluding carboxylic acids is 3. The lowest BCUT2D eigenvalue weighted by Crippen LogP contribution is -2.40. The zero-order valence-electron chi connectivity index (χ0n) is 16.8. The Morgan fingerprint density at radius 1 is 1.10 bits per heavy atom. The third-order valence-electron chi connectivity index (χ3n) is 5.32. The largest absolute Gasteiger partial charge is 0.490 e. The third kappa shape index (κ3) is 3.45. The molecule has 30 heavy (non-hydrogen) atoms. The van der Waals surface area contributed by atoms with Crippen molar-refractivity contribution in [3.8, 4) is 11.5 Å². The maximum absolute atomic E-state index is 13.2. The molecule has 0 saturated carbocycles. The quantitative estimate of drug-likeness (QED) is 0.615. The van der Waals surface area contributed by atoms with Crippen LogP contribution in [0.1, 0.15) is 34.8 Å². The van der Waals surface area contributed by atoms with Gasteiger partial charge in [0, 0.05) is 6.42 Å². The lowest BCUT2D eigenvalue weighted by molar-refractivity contribution is -0.131. The number of benzene rings is 2. The Kier molecular flexibility index (Phi) is 5.07. The fraction of sp³-hybridized carbons (Fsp3) is 0.318. The van der Waals surface area contributed by atoms with Crippen molar-refractivity contribution in [2.24, 2.45) is 0 Å². The number of imide groups is 1. The van der Waals surface area contributed by atoms with Gasteiger partial charge in [-0.05, 0) is 42.3 Å². The molecule has 2 aliphatic heterocycles. The molecule has 1 fully saturated rings. The number of hydrogen-bond acceptors (Lipinski definition) is 6. The van der Waals surface area contributed by atoms with Crippen molar-refractivity contribution in [3.05, 3.63) is 59.2 Å². The van der Waals surface area contributed by atoms with Gasteiger partial charge < -0.3 is 19.5 Å². The molecule has 0 bridgehead atoms. The molecule has 2 aliphatic rings. The number of amides is 3. The van der Waals surface area contributed by atoms with Gasteiger partial charge in [0.2, 0.25) is 0 Å². The lowest BCUT2D eigenvalue weighted by atomic mass is 9.91. The van der Waals surface area contributed by atoms with Gasteiger partial charge in [-0.3, -0.25) is 9.69 Å². The molecular weight excluding hydrogens is 388 g/mol. The molecule has 1 saturated heterocycles. The summed E-state index contributed by atoms with van der Waals surface area (Å²) in [6.45, 7) is 2.86. The molecule has 3 amide bonds. The van der Waals surface area contributed by atoms with Crippen molar-refractivity contribution in [2.45, 2.75) is 25.4 Å². The Bertz CT molecular complexity index is 1000. The minimum atomic E-state index is -1.21. The van der Waals surface area contributed by atoms with Crippen molar-refractivity contribution < 1.29 is 28.6 Å². The Hall–Kier alpha value is -3.55. The lowest BCUT2D eigenvalue weighted by Gasteiger charge is -2.23. The van der Waals surface area contributed by atoms with Crippen molar-refractivity contribution in [1.82, 2.24) is 10.2 Å². The van der Waals surface area contributed by atoms with E-state index in [1.54, 1.807) is 49.4 Å². The fourth-order valence-corrected chi connectivity index (χ4v) is 3.56. The summed E-state index contributed by atoms with van der Waals surface area (Å²) in [5, 5.41) is 2.79. The highest BCUT2D eigenvalue weighted by molar-refractivity contribution is 6.07. The first-order chi connectivity index (χ1) is 14.4. The van der Waals surface area contributed by atoms with Crippen LogP contribution in [0.15, 0.2) is 42.5 Å². The molecule has 2 aromatic carbocycles. The van der Waals surface area contributed by atoms with Crippen LogP contribution in [0, 0.1) is 0 Å². The molecule has 0 radical (unpaired) electrons. The molecule has 1 N–H and O–H groups in total. The highest BCUT2D eigenvalue weighted by Gasteiger charge is 2.49. The van der Waals surface area contributed by atoms with E-state index in [1.807, 2.05) is 0 Å². The van der Waals surface area contributed by atoms with Gasteiger partial charge in [-0.25, -0.2) is 9.59 Å². The number of esters is 1. The summed E-state index contributed by atoms with van der Waals surface area (Å²) in [5.74, 6) is 0.377. The maximum Gasteiger partial charge on any atom is 0.337 e. The van der Waals surface area contributed by atoms with E-state index in [2.05, 4.69) is 10.1 Å². The normalized spacial score (nSPS) is 20.5. The molecule has 0 aliphatic carbocycles. The predicted molar refractivity (Wildman–Crippen MR) is 106 cm³/mol. The molecule has 2 heterocycles. The fourth-order valence-electron chi connectivity index (χ4n) is 3.56. The van der Waals surface area contributed by atoms with Crippen LogP contribution in [0.5, 0.6) is 11.5 Å². The predicted octanol–water partition coefficient (Wildman–Crippen LogP) is 2.60. The van der Waals surface area contributed by atoms with Gasteiger partial charge in [0.05, 0.1) is 32.4 Å². The number of hydrogen-bond donors (Lipinski definition) is 1. The topological polar surface area (TPSA) is 94.2 Å². The maximum atomic E-state index is 13.2. The van der Waals surface area contributed by atoms with Crippen LogP contribution in [-0.4, -0.2) is 43.1 Å². The molecule has 156 valence electrons. The van der Waals surface area contributed by atoms with Crippen molar-refractivity contribution >= 4 is 17.9 Å². The van der Waals surface area contributed by atoms with E-state index in [1.165, 1.54) is 7.11 Å². The van der Waals surface area contributed by atoms with E-state index >= 15 is 0 Å². The Balaban J connectivity index is 1.56. The molecule has 8 nitrogen and oxygen atoms in total. The Labute approximate surface area is 173 Å². The van der Waals surface area contributed by atoms with Gasteiger partial charge in [0.25, 0.3) is 5.91 Å². The second-order valence-electron chi connectivity index (χ2n) is 7.35. The monoisotopic (exact) mass is 410 g/mol. The SMILES string of the molecule is COC(=O)c1ccc(CN2C(=O)N[C@@](C)(c3ccc4c(c3)OCCCO4)C2=O)cc1. The highest BCUT2D eigenvalue weighted by Crippen LogP contribution is 2.37. The number of carbonyl (C=O) groups is 3. The number of fused-ring (bicyclic) bond motifs is 1. The van der Waals surface area contributed by atoms with E-state index in [9.17, 15) is 14.4 Å². The van der Waals surface area contributed by atoms with E-state index < -0.39 is 17.5 Å². The summed E-state index contributed by atoms with van der Waals surface area (Å²) in [4.78, 5) is 38.5. The summed E-state index contributed by atoms with van der Waals surface area (Å²) in [7, 11) is 1.31. The van der Waals surface area contributed by atoms with Crippen LogP contribution in [0.3, 0.4) is 0 Å². The Morgan fingerprint density at radius 3 is 2.50 bits per heavy atom. The van der Waals surface area contributed by atoms with Gasteiger partial charge in [-0.1, -0.05) is 18.2 Å². The number of rotatable bonds is 4. The van der Waals surface area contributed by atoms with Gasteiger partial charge in [0.15, 0.2) is 11.5 Å². The van der Waals surface area contributed by atoms with Crippen LogP contribution < -0.4 is 14.8 Å². The second-order valence-corrected chi connectivity index (χ2v) is 7.35. The standard InChI is InChI=1S/C22H22N2O6/c1-22(16-8-9-17-18(12-16)30-11-3-10-29-17)20(26)24(21(27)23-22)13-14-4-6-15(7-5-14)19(25)28-2/h4-9,12H,3,10-11,13H2,1-2H3,(H,23,27)/t22-/m0/s1. The zero-order valence-corrected chi connectivity index (χ0v) is 16.8. The summed E-state index contributed by atoms with van der Waals surface area (Å²) in [6, 6.07) is 11.4. The zero-order chi connectivity index (χ0) is 21.3. The summed E-state index contributed by atoms with van der Waals surface area (Å²) in [6.07, 6.45) is 0.777. The second kappa shape index (κ2) is 7.70. The average molecular weight is 410 g/mol. The van der Waals surface area contributed by atoms with Gasteiger partial charge in [0.1, 0.15) is 5.54 Å². The molecule has 8 heteroatoms. The molecule has 4 rings (SSSR count). The first-order valence-electron chi connectivity index (χ1n) is 9.64. The first-order valence-corrected chi connectivity index (χ1v) is 9.64. The van der Waals surface area contributed by atoms with Gasteiger partial charge in [-0.15, -0.1) is 0 Å². The Morgan fingerprint density at radius 2 is 1.80 bits per heavy atom. The van der Waals surface area contributed by atoms with E-state index in [0.29, 0.717) is 41.4 Å². The van der Waals surface area contributed by atoms with E-state index in [-0.39, 0.29) is 12.5 Å². The van der Waals surface area contributed by atoms with Crippen molar-refractivity contribution in [2.75, 3.05) is 20.3 Å². The number of ether oxygens (including phenoxy) is 3. The van der Waals surface area contributed by atoms with Crippen molar-refractivity contribution in [3.63, 3.8) is 0 Å². The minimum Gasteiger partial charge on any atom is -0.490 e. The van der Waals surface area contributed by atoms with Crippen LogP contribution >= 0.6 is 0 Å². The van der Waals surface area contributed by atoms with Crippen LogP contribution in [-0.2, 0) is 21.6 Å². The van der Waals surface area contributed by atoms with E-state index in [4.69, 9.17) is 9.47 Å². The molecule has 0 aromatic heterocycles. The smallest absolute Gasteiger partial charge is 0.337 e. The first kappa shape index (κ1) is 19.8. The summed E-state index contributed by atoms with van der Waals surface area (Å²) >= 11 is 0. The number of nitrogens with zero attached hydrogens (tertiary/aromatic N) is 1. The number of methoxy groups -OCH3 is 1. The third-order valence-corrected chi connectivity index (χ3v) is 5.32.